The number of fused-ring (bicyclic) bond motifs is 2. The zero-order valence-electron chi connectivity index (χ0n) is 31.0. The topological polar surface area (TPSA) is 93.2 Å². The van der Waals surface area contributed by atoms with Gasteiger partial charge in [0.05, 0.1) is 33.5 Å². The molecule has 2 aromatic heterocycles. The van der Waals surface area contributed by atoms with Crippen molar-refractivity contribution in [1.29, 1.82) is 0 Å². The Bertz CT molecular complexity index is 2570. The minimum absolute atomic E-state index is 0.225. The summed E-state index contributed by atoms with van der Waals surface area (Å²) in [5.41, 5.74) is 11.9. The van der Waals surface area contributed by atoms with E-state index in [2.05, 4.69) is 74.7 Å². The van der Waals surface area contributed by atoms with Crippen LogP contribution in [0.15, 0.2) is 146 Å². The standard InChI is InChI=1S/C48H38N4O3/c1-29-13-23-37(31(3)25-29)45-27-41(39-9-5-7-11-43(39)51-45)47(53)49-33-15-19-35(20-16-33)55-36-21-17-34(18-22-36)50-48(54)42-28-46(38-24-14-30(2)26-32(38)4)52-44-12-8-6-10-40(42)44/h5-28H,1-4H3,(H,49,53)(H,50,54). The van der Waals surface area contributed by atoms with Gasteiger partial charge in [-0.1, -0.05) is 83.9 Å². The smallest absolute Gasteiger partial charge is 0.256 e. The predicted molar refractivity (Wildman–Crippen MR) is 222 cm³/mol. The molecule has 0 saturated heterocycles. The highest BCUT2D eigenvalue weighted by Gasteiger charge is 2.17. The average Bonchev–Trinajstić information content (AvgIpc) is 3.18. The zero-order valence-corrected chi connectivity index (χ0v) is 31.0. The van der Waals surface area contributed by atoms with E-state index >= 15 is 0 Å². The monoisotopic (exact) mass is 718 g/mol. The van der Waals surface area contributed by atoms with Crippen LogP contribution in [0.5, 0.6) is 11.5 Å². The number of amides is 2. The highest BCUT2D eigenvalue weighted by Crippen LogP contribution is 2.31. The quantitative estimate of drug-likeness (QED) is 0.163. The van der Waals surface area contributed by atoms with Crippen molar-refractivity contribution in [2.75, 3.05) is 10.6 Å². The number of rotatable bonds is 8. The van der Waals surface area contributed by atoms with Gasteiger partial charge in [0.25, 0.3) is 11.8 Å². The number of aromatic nitrogens is 2. The minimum Gasteiger partial charge on any atom is -0.457 e. The van der Waals surface area contributed by atoms with Crippen molar-refractivity contribution in [3.8, 4) is 34.0 Å². The second-order valence-corrected chi connectivity index (χ2v) is 13.8. The fraction of sp³-hybridized carbons (Fsp3) is 0.0833. The van der Waals surface area contributed by atoms with Gasteiger partial charge in [0.15, 0.2) is 0 Å². The van der Waals surface area contributed by atoms with Crippen LogP contribution in [-0.2, 0) is 0 Å². The molecule has 0 aliphatic carbocycles. The number of hydrogen-bond donors (Lipinski definition) is 2. The lowest BCUT2D eigenvalue weighted by Crippen LogP contribution is -2.13. The maximum atomic E-state index is 13.7. The van der Waals surface area contributed by atoms with E-state index in [9.17, 15) is 9.59 Å². The first-order valence-corrected chi connectivity index (χ1v) is 18.1. The normalized spacial score (nSPS) is 11.1. The number of para-hydroxylation sites is 2. The summed E-state index contributed by atoms with van der Waals surface area (Å²) in [5, 5.41) is 7.65. The first-order chi connectivity index (χ1) is 26.7. The van der Waals surface area contributed by atoms with Gasteiger partial charge in [0.2, 0.25) is 0 Å². The molecule has 268 valence electrons. The molecule has 0 spiro atoms. The number of aryl methyl sites for hydroxylation is 4. The molecule has 0 radical (unpaired) electrons. The van der Waals surface area contributed by atoms with Gasteiger partial charge in [-0.3, -0.25) is 9.59 Å². The van der Waals surface area contributed by atoms with Crippen LogP contribution in [-0.4, -0.2) is 21.8 Å². The summed E-state index contributed by atoms with van der Waals surface area (Å²) in [7, 11) is 0. The molecule has 8 aromatic rings. The van der Waals surface area contributed by atoms with E-state index in [0.717, 1.165) is 55.4 Å². The third kappa shape index (κ3) is 7.41. The molecule has 0 aliphatic rings. The lowest BCUT2D eigenvalue weighted by molar-refractivity contribution is 0.102. The Morgan fingerprint density at radius 3 is 1.27 bits per heavy atom. The third-order valence-corrected chi connectivity index (χ3v) is 9.70. The summed E-state index contributed by atoms with van der Waals surface area (Å²) in [6, 6.07) is 46.0. The number of carbonyl (C=O) groups excluding carboxylic acids is 2. The van der Waals surface area contributed by atoms with Gasteiger partial charge in [-0.15, -0.1) is 0 Å². The second-order valence-electron chi connectivity index (χ2n) is 13.8. The van der Waals surface area contributed by atoms with Crippen molar-refractivity contribution in [3.63, 3.8) is 0 Å². The molecule has 0 fully saturated rings. The SMILES string of the molecule is Cc1ccc(-c2cc(C(=O)Nc3ccc(Oc4ccc(NC(=O)c5cc(-c6ccc(C)cc6C)nc6ccccc56)cc4)cc3)c3ccccc3n2)c(C)c1. The van der Waals surface area contributed by atoms with Crippen molar-refractivity contribution in [2.45, 2.75) is 27.7 Å². The molecule has 0 aliphatic heterocycles. The Morgan fingerprint density at radius 2 is 0.873 bits per heavy atom. The Balaban J connectivity index is 0.956. The molecule has 7 nitrogen and oxygen atoms in total. The number of nitrogens with zero attached hydrogens (tertiary/aromatic N) is 2. The van der Waals surface area contributed by atoms with E-state index < -0.39 is 0 Å². The van der Waals surface area contributed by atoms with Gasteiger partial charge in [0.1, 0.15) is 11.5 Å². The number of pyridine rings is 2. The molecule has 0 saturated carbocycles. The van der Waals surface area contributed by atoms with Crippen LogP contribution < -0.4 is 15.4 Å². The maximum absolute atomic E-state index is 13.7. The number of benzene rings is 6. The lowest BCUT2D eigenvalue weighted by Gasteiger charge is -2.13. The third-order valence-electron chi connectivity index (χ3n) is 9.70. The molecule has 2 N–H and O–H groups in total. The van der Waals surface area contributed by atoms with Crippen LogP contribution in [0.2, 0.25) is 0 Å². The van der Waals surface area contributed by atoms with E-state index in [1.807, 2.05) is 84.9 Å². The highest BCUT2D eigenvalue weighted by molar-refractivity contribution is 6.14. The molecule has 6 aromatic carbocycles. The summed E-state index contributed by atoms with van der Waals surface area (Å²) >= 11 is 0. The molecule has 2 amide bonds. The molecule has 2 heterocycles. The number of nitrogens with one attached hydrogen (secondary N) is 2. The van der Waals surface area contributed by atoms with Crippen molar-refractivity contribution >= 4 is 45.0 Å². The van der Waals surface area contributed by atoms with Crippen LogP contribution in [0.4, 0.5) is 11.4 Å². The number of hydrogen-bond acceptors (Lipinski definition) is 5. The van der Waals surface area contributed by atoms with Crippen LogP contribution in [0.3, 0.4) is 0 Å². The molecular weight excluding hydrogens is 681 g/mol. The second kappa shape index (κ2) is 14.7. The van der Waals surface area contributed by atoms with Crippen LogP contribution in [0, 0.1) is 27.7 Å². The maximum Gasteiger partial charge on any atom is 0.256 e. The van der Waals surface area contributed by atoms with E-state index in [0.29, 0.717) is 34.0 Å². The van der Waals surface area contributed by atoms with Gasteiger partial charge in [-0.25, -0.2) is 9.97 Å². The molecular formula is C48H38N4O3. The molecule has 0 unspecified atom stereocenters. The summed E-state index contributed by atoms with van der Waals surface area (Å²) < 4.78 is 6.11. The summed E-state index contributed by atoms with van der Waals surface area (Å²) in [5.74, 6) is 0.751. The summed E-state index contributed by atoms with van der Waals surface area (Å²) in [6.45, 7) is 8.24. The first kappa shape index (κ1) is 34.9. The summed E-state index contributed by atoms with van der Waals surface area (Å²) in [6.07, 6.45) is 0. The molecule has 7 heteroatoms. The van der Waals surface area contributed by atoms with Gasteiger partial charge in [-0.2, -0.15) is 0 Å². The first-order valence-electron chi connectivity index (χ1n) is 18.1. The van der Waals surface area contributed by atoms with Crippen molar-refractivity contribution < 1.29 is 14.3 Å². The Kier molecular flexibility index (Phi) is 9.35. The highest BCUT2D eigenvalue weighted by atomic mass is 16.5. The Hall–Kier alpha value is -7.12. The zero-order chi connectivity index (χ0) is 38.1. The average molecular weight is 719 g/mol. The Labute approximate surface area is 319 Å². The van der Waals surface area contributed by atoms with Crippen LogP contribution in [0.25, 0.3) is 44.3 Å². The minimum atomic E-state index is -0.225. The van der Waals surface area contributed by atoms with Crippen LogP contribution in [0.1, 0.15) is 43.0 Å². The summed E-state index contributed by atoms with van der Waals surface area (Å²) in [4.78, 5) is 37.1. The van der Waals surface area contributed by atoms with E-state index in [1.165, 1.54) is 11.1 Å². The van der Waals surface area contributed by atoms with Crippen molar-refractivity contribution in [3.05, 3.63) is 179 Å². The van der Waals surface area contributed by atoms with Crippen LogP contribution >= 0.6 is 0 Å². The van der Waals surface area contributed by atoms with E-state index in [4.69, 9.17) is 14.7 Å². The predicted octanol–water partition coefficient (Wildman–Crippen LogP) is 11.6. The molecule has 55 heavy (non-hydrogen) atoms. The van der Waals surface area contributed by atoms with Gasteiger partial charge in [0, 0.05) is 33.3 Å². The van der Waals surface area contributed by atoms with E-state index in [1.54, 1.807) is 24.3 Å². The number of ether oxygens (including phenoxy) is 1. The Morgan fingerprint density at radius 1 is 0.473 bits per heavy atom. The number of carbonyl (C=O) groups is 2. The van der Waals surface area contributed by atoms with Gasteiger partial charge >= 0.3 is 0 Å². The van der Waals surface area contributed by atoms with Crippen molar-refractivity contribution in [2.24, 2.45) is 0 Å². The molecule has 0 atom stereocenters. The lowest BCUT2D eigenvalue weighted by atomic mass is 9.99. The fourth-order valence-corrected chi connectivity index (χ4v) is 6.95. The van der Waals surface area contributed by atoms with Gasteiger partial charge in [-0.05, 0) is 112 Å². The van der Waals surface area contributed by atoms with Crippen molar-refractivity contribution in [1.82, 2.24) is 9.97 Å². The van der Waals surface area contributed by atoms with Gasteiger partial charge < -0.3 is 15.4 Å². The number of anilines is 2. The molecule has 8 rings (SSSR count). The van der Waals surface area contributed by atoms with E-state index in [-0.39, 0.29) is 11.8 Å². The largest absolute Gasteiger partial charge is 0.457 e. The molecule has 0 bridgehead atoms. The fourth-order valence-electron chi connectivity index (χ4n) is 6.95.